The number of hydrogen-bond donors (Lipinski definition) is 0. The van der Waals surface area contributed by atoms with E-state index in [4.69, 9.17) is 30.5 Å². The van der Waals surface area contributed by atoms with Crippen LogP contribution in [-0.4, -0.2) is 31.6 Å². The minimum Gasteiger partial charge on any atom is -0.493 e. The highest BCUT2D eigenvalue weighted by atomic mass is 35.5. The first-order valence-corrected chi connectivity index (χ1v) is 11.3. The van der Waals surface area contributed by atoms with Gasteiger partial charge in [0.05, 0.1) is 19.8 Å². The molecule has 0 aliphatic carbocycles. The maximum Gasteiger partial charge on any atom is 0.231 e. The second-order valence-electron chi connectivity index (χ2n) is 8.28. The summed E-state index contributed by atoms with van der Waals surface area (Å²) in [5.41, 5.74) is 4.18. The van der Waals surface area contributed by atoms with E-state index in [1.807, 2.05) is 49.4 Å². The van der Waals surface area contributed by atoms with Crippen molar-refractivity contribution in [2.45, 2.75) is 20.0 Å². The van der Waals surface area contributed by atoms with Crippen LogP contribution in [0.3, 0.4) is 0 Å². The molecular weight excluding hydrogens is 454 g/mol. The second kappa shape index (κ2) is 9.05. The Balaban J connectivity index is 1.43. The predicted molar refractivity (Wildman–Crippen MR) is 130 cm³/mol. The van der Waals surface area contributed by atoms with Crippen molar-refractivity contribution >= 4 is 23.5 Å². The monoisotopic (exact) mass is 477 g/mol. The summed E-state index contributed by atoms with van der Waals surface area (Å²) in [5.74, 6) is 2.52. The minimum atomic E-state index is -0.166. The highest BCUT2D eigenvalue weighted by Crippen LogP contribution is 2.44. The number of hydrogen-bond acceptors (Lipinski definition) is 6. The topological polar surface area (TPSA) is 57.2 Å². The number of carbonyl (C=O) groups excluding carboxylic acids is 1. The molecule has 0 unspecified atom stereocenters. The Hall–Kier alpha value is -3.48. The summed E-state index contributed by atoms with van der Waals surface area (Å²) in [6, 6.07) is 15.2. The fourth-order valence-electron chi connectivity index (χ4n) is 4.41. The summed E-state index contributed by atoms with van der Waals surface area (Å²) in [7, 11) is 3.14. The lowest BCUT2D eigenvalue weighted by Crippen LogP contribution is -2.32. The van der Waals surface area contributed by atoms with Crippen LogP contribution in [0.5, 0.6) is 23.0 Å². The number of rotatable bonds is 5. The Labute approximate surface area is 203 Å². The minimum absolute atomic E-state index is 0.166. The third kappa shape index (κ3) is 4.00. The first-order valence-electron chi connectivity index (χ1n) is 10.9. The van der Waals surface area contributed by atoms with E-state index in [1.165, 1.54) is 0 Å². The molecule has 2 heterocycles. The molecular formula is C27H24ClNO5. The van der Waals surface area contributed by atoms with Crippen molar-refractivity contribution in [1.82, 2.24) is 4.90 Å². The number of allylic oxidation sites excluding steroid dienone is 1. The van der Waals surface area contributed by atoms with Crippen LogP contribution in [-0.2, 0) is 13.1 Å². The zero-order valence-corrected chi connectivity index (χ0v) is 19.9. The molecule has 2 aliphatic heterocycles. The third-order valence-electron chi connectivity index (χ3n) is 6.04. The van der Waals surface area contributed by atoms with Gasteiger partial charge in [-0.3, -0.25) is 9.69 Å². The lowest BCUT2D eigenvalue weighted by Gasteiger charge is -2.30. The van der Waals surface area contributed by atoms with Gasteiger partial charge < -0.3 is 18.9 Å². The Morgan fingerprint density at radius 3 is 2.62 bits per heavy atom. The maximum atomic E-state index is 13.3. The van der Waals surface area contributed by atoms with Gasteiger partial charge in [-0.05, 0) is 42.8 Å². The van der Waals surface area contributed by atoms with Gasteiger partial charge >= 0.3 is 0 Å². The third-order valence-corrected chi connectivity index (χ3v) is 6.29. The SMILES string of the molecule is COc1cccc(/C=C2\Oc3c(cc4c(c3C)OCN(Cc3ccc(Cl)cc3)C4)C2=O)c1OC. The molecule has 3 aromatic carbocycles. The van der Waals surface area contributed by atoms with Gasteiger partial charge in [0.25, 0.3) is 0 Å². The molecule has 0 radical (unpaired) electrons. The smallest absolute Gasteiger partial charge is 0.231 e. The van der Waals surface area contributed by atoms with Crippen molar-refractivity contribution in [3.8, 4) is 23.0 Å². The van der Waals surface area contributed by atoms with Gasteiger partial charge in [-0.1, -0.05) is 35.9 Å². The number of para-hydroxylation sites is 1. The molecule has 0 amide bonds. The van der Waals surface area contributed by atoms with Gasteiger partial charge in [-0.15, -0.1) is 0 Å². The first kappa shape index (κ1) is 22.3. The number of halogens is 1. The molecule has 2 aliphatic rings. The predicted octanol–water partition coefficient (Wildman–Crippen LogP) is 5.63. The zero-order chi connectivity index (χ0) is 23.8. The molecule has 0 spiro atoms. The van der Waals surface area contributed by atoms with Gasteiger partial charge in [-0.2, -0.15) is 0 Å². The van der Waals surface area contributed by atoms with E-state index in [9.17, 15) is 4.79 Å². The summed E-state index contributed by atoms with van der Waals surface area (Å²) >= 11 is 6.00. The van der Waals surface area contributed by atoms with E-state index >= 15 is 0 Å². The zero-order valence-electron chi connectivity index (χ0n) is 19.2. The van der Waals surface area contributed by atoms with E-state index < -0.39 is 0 Å². The summed E-state index contributed by atoms with van der Waals surface area (Å²) in [6.07, 6.45) is 1.69. The molecule has 5 rings (SSSR count). The lowest BCUT2D eigenvalue weighted by molar-refractivity contribution is 0.0876. The number of benzene rings is 3. The normalized spacial score (nSPS) is 16.0. The van der Waals surface area contributed by atoms with E-state index in [1.54, 1.807) is 26.4 Å². The number of methoxy groups -OCH3 is 2. The maximum absolute atomic E-state index is 13.3. The number of ether oxygens (including phenoxy) is 4. The van der Waals surface area contributed by atoms with Crippen LogP contribution in [0.2, 0.25) is 5.02 Å². The van der Waals surface area contributed by atoms with Crippen molar-refractivity contribution in [2.75, 3.05) is 21.0 Å². The molecule has 6 nitrogen and oxygen atoms in total. The largest absolute Gasteiger partial charge is 0.493 e. The van der Waals surface area contributed by atoms with Crippen LogP contribution in [0.15, 0.2) is 54.3 Å². The quantitative estimate of drug-likeness (QED) is 0.444. The summed E-state index contributed by atoms with van der Waals surface area (Å²) in [6.45, 7) is 3.77. The van der Waals surface area contributed by atoms with Crippen LogP contribution in [0, 0.1) is 6.92 Å². The summed E-state index contributed by atoms with van der Waals surface area (Å²) in [5, 5.41) is 0.712. The Bertz CT molecular complexity index is 1300. The molecule has 3 aromatic rings. The highest BCUT2D eigenvalue weighted by molar-refractivity contribution is 6.30. The molecule has 0 aromatic heterocycles. The van der Waals surface area contributed by atoms with Crippen molar-refractivity contribution < 1.29 is 23.7 Å². The molecule has 0 saturated carbocycles. The van der Waals surface area contributed by atoms with Crippen molar-refractivity contribution in [3.63, 3.8) is 0 Å². The molecule has 0 atom stereocenters. The van der Waals surface area contributed by atoms with Crippen LogP contribution in [0.1, 0.15) is 32.6 Å². The van der Waals surface area contributed by atoms with E-state index in [2.05, 4.69) is 4.90 Å². The highest BCUT2D eigenvalue weighted by Gasteiger charge is 2.34. The second-order valence-corrected chi connectivity index (χ2v) is 8.71. The van der Waals surface area contributed by atoms with Crippen molar-refractivity contribution in [1.29, 1.82) is 0 Å². The fourth-order valence-corrected chi connectivity index (χ4v) is 4.54. The molecule has 34 heavy (non-hydrogen) atoms. The number of Topliss-reactive ketones (excluding diaryl/α,β-unsaturated/α-hetero) is 1. The average molecular weight is 478 g/mol. The molecule has 7 heteroatoms. The Morgan fingerprint density at radius 1 is 1.09 bits per heavy atom. The molecule has 0 N–H and O–H groups in total. The van der Waals surface area contributed by atoms with Gasteiger partial charge in [0.1, 0.15) is 18.2 Å². The molecule has 174 valence electrons. The summed E-state index contributed by atoms with van der Waals surface area (Å²) in [4.78, 5) is 15.4. The van der Waals surface area contributed by atoms with Gasteiger partial charge in [0.2, 0.25) is 5.78 Å². The molecule has 0 fully saturated rings. The van der Waals surface area contributed by atoms with Gasteiger partial charge in [0, 0.05) is 34.8 Å². The van der Waals surface area contributed by atoms with E-state index in [0.717, 1.165) is 29.0 Å². The van der Waals surface area contributed by atoms with E-state index in [0.29, 0.717) is 46.7 Å². The molecule has 0 bridgehead atoms. The Morgan fingerprint density at radius 2 is 1.88 bits per heavy atom. The first-order chi connectivity index (χ1) is 16.5. The lowest BCUT2D eigenvalue weighted by atomic mass is 9.99. The van der Waals surface area contributed by atoms with Crippen molar-refractivity contribution in [3.05, 3.63) is 87.1 Å². The van der Waals surface area contributed by atoms with Crippen molar-refractivity contribution in [2.24, 2.45) is 0 Å². The van der Waals surface area contributed by atoms with Crippen LogP contribution in [0.4, 0.5) is 0 Å². The van der Waals surface area contributed by atoms with E-state index in [-0.39, 0.29) is 11.5 Å². The number of ketones is 1. The van der Waals surface area contributed by atoms with Crippen LogP contribution < -0.4 is 18.9 Å². The van der Waals surface area contributed by atoms with Crippen LogP contribution in [0.25, 0.3) is 6.08 Å². The number of fused-ring (bicyclic) bond motifs is 2. The summed E-state index contributed by atoms with van der Waals surface area (Å²) < 4.78 is 23.0. The fraction of sp³-hybridized carbons (Fsp3) is 0.222. The number of carbonyl (C=O) groups is 1. The van der Waals surface area contributed by atoms with Crippen LogP contribution >= 0.6 is 11.6 Å². The molecule has 0 saturated heterocycles. The number of nitrogens with zero attached hydrogens (tertiary/aromatic N) is 1. The van der Waals surface area contributed by atoms with Gasteiger partial charge in [0.15, 0.2) is 17.3 Å². The Kier molecular flexibility index (Phi) is 5.94. The average Bonchev–Trinajstić information content (AvgIpc) is 3.15. The standard InChI is InChI=1S/C27H24ClNO5/c1-16-25-19(14-29(15-33-25)13-17-7-9-20(28)10-8-17)11-21-24(30)23(34-26(16)21)12-18-5-4-6-22(31-2)27(18)32-3/h4-12H,13-15H2,1-3H3/b23-12-. The van der Waals surface area contributed by atoms with Gasteiger partial charge in [-0.25, -0.2) is 0 Å².